The lowest BCUT2D eigenvalue weighted by Crippen LogP contribution is -2.20. The molecule has 0 aromatic carbocycles. The Balaban J connectivity index is 4.21. The number of rotatable bonds is 49. The van der Waals surface area contributed by atoms with Gasteiger partial charge < -0.3 is 28.6 Å². The number of unbranched alkanes of at least 4 members (excludes halogenated alkanes) is 18. The predicted octanol–water partition coefficient (Wildman–Crippen LogP) is 15.8. The number of nitrogens with zero attached hydrogens (tertiary/aromatic N) is 1. The lowest BCUT2D eigenvalue weighted by atomic mass is 9.92. The quantitative estimate of drug-likeness (QED) is 0.0343. The van der Waals surface area contributed by atoms with Crippen molar-refractivity contribution in [3.8, 4) is 0 Å². The van der Waals surface area contributed by atoms with Crippen LogP contribution in [0.2, 0.25) is 0 Å². The van der Waals surface area contributed by atoms with Crippen LogP contribution in [-0.4, -0.2) is 76.6 Å². The van der Waals surface area contributed by atoms with Crippen LogP contribution in [-0.2, 0) is 28.5 Å². The van der Waals surface area contributed by atoms with E-state index in [0.29, 0.717) is 6.42 Å². The van der Waals surface area contributed by atoms with Gasteiger partial charge in [-0.3, -0.25) is 4.79 Å². The van der Waals surface area contributed by atoms with Crippen LogP contribution in [0.4, 0.5) is 0 Å². The van der Waals surface area contributed by atoms with Gasteiger partial charge in [-0.1, -0.05) is 182 Å². The molecule has 0 aliphatic rings. The zero-order chi connectivity index (χ0) is 44.2. The molecule has 0 aromatic heterocycles. The second-order valence-electron chi connectivity index (χ2n) is 18.7. The van der Waals surface area contributed by atoms with Crippen LogP contribution in [0.5, 0.6) is 0 Å². The van der Waals surface area contributed by atoms with E-state index in [1.165, 1.54) is 167 Å². The average Bonchev–Trinajstić information content (AvgIpc) is 3.22. The van der Waals surface area contributed by atoms with Crippen molar-refractivity contribution in [2.75, 3.05) is 47.1 Å². The number of hydrogen-bond acceptors (Lipinski definition) is 7. The van der Waals surface area contributed by atoms with Crippen molar-refractivity contribution in [3.05, 3.63) is 0 Å². The van der Waals surface area contributed by atoms with Crippen molar-refractivity contribution in [1.82, 2.24) is 4.90 Å². The second-order valence-corrected chi connectivity index (χ2v) is 18.7. The molecule has 0 aliphatic heterocycles. The fourth-order valence-electron chi connectivity index (χ4n) is 8.40. The molecule has 0 saturated carbocycles. The van der Waals surface area contributed by atoms with Crippen molar-refractivity contribution >= 4 is 5.97 Å². The van der Waals surface area contributed by atoms with Crippen LogP contribution in [0.25, 0.3) is 0 Å². The number of carbonyl (C=O) groups is 1. The maximum absolute atomic E-state index is 12.7. The fraction of sp³-hybridized carbons (Fsp3) is 0.981. The summed E-state index contributed by atoms with van der Waals surface area (Å²) >= 11 is 0. The Morgan fingerprint density at radius 1 is 0.400 bits per heavy atom. The van der Waals surface area contributed by atoms with Crippen LogP contribution in [0.1, 0.15) is 260 Å². The number of ether oxygens (including phenoxy) is 5. The summed E-state index contributed by atoms with van der Waals surface area (Å²) in [7, 11) is 4.11. The van der Waals surface area contributed by atoms with Crippen LogP contribution in [0, 0.1) is 11.8 Å². The molecule has 60 heavy (non-hydrogen) atoms. The maximum atomic E-state index is 12.7. The van der Waals surface area contributed by atoms with E-state index in [0.717, 1.165) is 89.8 Å². The third-order valence-electron chi connectivity index (χ3n) is 12.5. The molecule has 0 bridgehead atoms. The molecule has 0 fully saturated rings. The predicted molar refractivity (Wildman–Crippen MR) is 258 cm³/mol. The van der Waals surface area contributed by atoms with Gasteiger partial charge in [-0.15, -0.1) is 0 Å². The lowest BCUT2D eigenvalue weighted by Gasteiger charge is -2.19. The van der Waals surface area contributed by atoms with Gasteiger partial charge in [0.1, 0.15) is 6.10 Å². The molecule has 0 N–H and O–H groups in total. The summed E-state index contributed by atoms with van der Waals surface area (Å²) in [6.45, 7) is 17.4. The van der Waals surface area contributed by atoms with E-state index in [2.05, 4.69) is 60.5 Å². The highest BCUT2D eigenvalue weighted by atomic mass is 16.7. The highest BCUT2D eigenvalue weighted by Crippen LogP contribution is 2.23. The molecule has 7 heteroatoms. The Morgan fingerprint density at radius 2 is 0.733 bits per heavy atom. The van der Waals surface area contributed by atoms with Gasteiger partial charge in [0.15, 0.2) is 12.6 Å². The van der Waals surface area contributed by atoms with Gasteiger partial charge >= 0.3 is 5.97 Å². The Kier molecular flexibility index (Phi) is 45.7. The molecule has 0 heterocycles. The monoisotopic (exact) mass is 854 g/mol. The summed E-state index contributed by atoms with van der Waals surface area (Å²) in [5, 5.41) is 0. The van der Waals surface area contributed by atoms with Crippen molar-refractivity contribution in [3.63, 3.8) is 0 Å². The maximum Gasteiger partial charge on any atom is 0.306 e. The van der Waals surface area contributed by atoms with Crippen LogP contribution < -0.4 is 0 Å². The first kappa shape index (κ1) is 59.3. The highest BCUT2D eigenvalue weighted by molar-refractivity contribution is 5.69. The van der Waals surface area contributed by atoms with E-state index in [9.17, 15) is 4.79 Å². The van der Waals surface area contributed by atoms with Gasteiger partial charge in [0.2, 0.25) is 0 Å². The minimum atomic E-state index is -0.110. The molecule has 0 radical (unpaired) electrons. The second kappa shape index (κ2) is 46.3. The highest BCUT2D eigenvalue weighted by Gasteiger charge is 2.15. The van der Waals surface area contributed by atoms with E-state index < -0.39 is 0 Å². The molecule has 0 amide bonds. The molecule has 7 nitrogen and oxygen atoms in total. The van der Waals surface area contributed by atoms with Crippen molar-refractivity contribution in [2.24, 2.45) is 11.8 Å². The Bertz CT molecular complexity index is 783. The SMILES string of the molecule is CCCCCC(CCCCC)CCOC(C)OCCCCCCCCC(CCCCCCCCOC(C)OCCC(CCCCC)CCCCC)OC(=O)CCCN(C)C. The van der Waals surface area contributed by atoms with Gasteiger partial charge in [0, 0.05) is 32.8 Å². The summed E-state index contributed by atoms with van der Waals surface area (Å²) in [5.41, 5.74) is 0. The summed E-state index contributed by atoms with van der Waals surface area (Å²) in [4.78, 5) is 14.8. The van der Waals surface area contributed by atoms with Crippen LogP contribution in [0.15, 0.2) is 0 Å². The molecule has 360 valence electrons. The normalized spacial score (nSPS) is 13.5. The molecular weight excluding hydrogens is 747 g/mol. The molecule has 0 aromatic rings. The van der Waals surface area contributed by atoms with Gasteiger partial charge in [-0.25, -0.2) is 0 Å². The number of carbonyl (C=O) groups excluding carboxylic acids is 1. The molecule has 0 spiro atoms. The van der Waals surface area contributed by atoms with Crippen molar-refractivity contribution in [2.45, 2.75) is 279 Å². The smallest absolute Gasteiger partial charge is 0.306 e. The van der Waals surface area contributed by atoms with E-state index in [4.69, 9.17) is 23.7 Å². The first-order valence-electron chi connectivity index (χ1n) is 26.6. The first-order chi connectivity index (χ1) is 29.2. The van der Waals surface area contributed by atoms with Gasteiger partial charge in [0.25, 0.3) is 0 Å². The third kappa shape index (κ3) is 42.6. The largest absolute Gasteiger partial charge is 0.462 e. The van der Waals surface area contributed by atoms with E-state index in [1.807, 2.05) is 0 Å². The zero-order valence-corrected chi connectivity index (χ0v) is 41.9. The minimum Gasteiger partial charge on any atom is -0.462 e. The topological polar surface area (TPSA) is 66.5 Å². The van der Waals surface area contributed by atoms with Gasteiger partial charge in [0.05, 0.1) is 0 Å². The summed E-state index contributed by atoms with van der Waals surface area (Å²) in [5.74, 6) is 1.59. The Labute approximate surface area is 375 Å². The molecule has 2 unspecified atom stereocenters. The summed E-state index contributed by atoms with van der Waals surface area (Å²) in [6, 6.07) is 0. The van der Waals surface area contributed by atoms with Crippen molar-refractivity contribution in [1.29, 1.82) is 0 Å². The average molecular weight is 854 g/mol. The van der Waals surface area contributed by atoms with Crippen LogP contribution >= 0.6 is 0 Å². The molecular formula is C53H107NO6. The summed E-state index contributed by atoms with van der Waals surface area (Å²) in [6.07, 6.45) is 41.2. The van der Waals surface area contributed by atoms with Crippen LogP contribution in [0.3, 0.4) is 0 Å². The summed E-state index contributed by atoms with van der Waals surface area (Å²) < 4.78 is 30.2. The standard InChI is InChI=1S/C53H107NO6/c1-9-13-25-34-50(35-26-14-10-2)41-46-58-48(5)56-44-31-23-19-17-21-29-38-52(60-53(55)40-33-43-54(7)8)39-30-22-18-20-24-32-45-57-49(6)59-47-42-51(36-27-15-11-3)37-28-16-12-4/h48-52H,9-47H2,1-8H3. The molecule has 0 saturated heterocycles. The molecule has 0 rings (SSSR count). The number of hydrogen-bond donors (Lipinski definition) is 0. The van der Waals surface area contributed by atoms with E-state index in [1.54, 1.807) is 0 Å². The first-order valence-corrected chi connectivity index (χ1v) is 26.6. The van der Waals surface area contributed by atoms with E-state index in [-0.39, 0.29) is 24.7 Å². The number of esters is 1. The fourth-order valence-corrected chi connectivity index (χ4v) is 8.40. The molecule has 2 atom stereocenters. The third-order valence-corrected chi connectivity index (χ3v) is 12.5. The molecule has 0 aliphatic carbocycles. The minimum absolute atomic E-state index is 0.0178. The van der Waals surface area contributed by atoms with Gasteiger partial charge in [-0.05, 0) is 104 Å². The lowest BCUT2D eigenvalue weighted by molar-refractivity contribution is -0.150. The Hall–Kier alpha value is -0.730. The van der Waals surface area contributed by atoms with Crippen molar-refractivity contribution < 1.29 is 28.5 Å². The zero-order valence-electron chi connectivity index (χ0n) is 41.9. The Morgan fingerprint density at radius 3 is 1.10 bits per heavy atom. The van der Waals surface area contributed by atoms with Gasteiger partial charge in [-0.2, -0.15) is 0 Å². The van der Waals surface area contributed by atoms with E-state index >= 15 is 0 Å².